The first-order chi connectivity index (χ1) is 16.3. The molecule has 1 amide bonds. The van der Waals surface area contributed by atoms with E-state index in [9.17, 15) is 21.6 Å². The van der Waals surface area contributed by atoms with E-state index in [2.05, 4.69) is 10.0 Å². The molecule has 0 saturated heterocycles. The van der Waals surface area contributed by atoms with E-state index in [0.29, 0.717) is 10.0 Å². The van der Waals surface area contributed by atoms with Gasteiger partial charge in [-0.1, -0.05) is 34.8 Å². The number of carbonyl (C=O) groups excluding carboxylic acids is 1. The fourth-order valence-electron chi connectivity index (χ4n) is 3.14. The highest BCUT2D eigenvalue weighted by molar-refractivity contribution is 7.92. The fourth-order valence-corrected chi connectivity index (χ4v) is 6.03. The van der Waals surface area contributed by atoms with Gasteiger partial charge in [0.05, 0.1) is 27.5 Å². The molecule has 0 aromatic heterocycles. The Labute approximate surface area is 218 Å². The van der Waals surface area contributed by atoms with Crippen molar-refractivity contribution in [1.29, 1.82) is 0 Å². The molecule has 3 rings (SSSR count). The van der Waals surface area contributed by atoms with Gasteiger partial charge in [-0.05, 0) is 73.7 Å². The van der Waals surface area contributed by atoms with Crippen LogP contribution in [0.5, 0.6) is 0 Å². The van der Waals surface area contributed by atoms with Gasteiger partial charge >= 0.3 is 0 Å². The summed E-state index contributed by atoms with van der Waals surface area (Å²) in [6.45, 7) is 1.43. The highest BCUT2D eigenvalue weighted by Crippen LogP contribution is 2.28. The molecule has 186 valence electrons. The SMILES string of the molecule is C[C@@H](C(=O)Nc1ccc(S(=O)(=O)Nc2ccc(Cl)cc2Cl)cc1)N(c1ccc(Cl)cc1)S(C)(=O)=O. The number of sulfonamides is 2. The average Bonchev–Trinajstić information content (AvgIpc) is 2.76. The van der Waals surface area contributed by atoms with Gasteiger partial charge < -0.3 is 5.32 Å². The molecule has 35 heavy (non-hydrogen) atoms. The molecular formula is C22H20Cl3N3O5S2. The summed E-state index contributed by atoms with van der Waals surface area (Å²) in [4.78, 5) is 12.8. The van der Waals surface area contributed by atoms with Crippen molar-refractivity contribution < 1.29 is 21.6 Å². The Morgan fingerprint density at radius 3 is 1.97 bits per heavy atom. The Balaban J connectivity index is 1.76. The second kappa shape index (κ2) is 10.6. The van der Waals surface area contributed by atoms with Gasteiger partial charge in [0.25, 0.3) is 10.0 Å². The third-order valence-electron chi connectivity index (χ3n) is 4.78. The molecule has 8 nitrogen and oxygen atoms in total. The lowest BCUT2D eigenvalue weighted by Gasteiger charge is -2.28. The summed E-state index contributed by atoms with van der Waals surface area (Å²) in [6.07, 6.45) is 0.991. The lowest BCUT2D eigenvalue weighted by molar-refractivity contribution is -0.116. The van der Waals surface area contributed by atoms with E-state index in [1.54, 1.807) is 0 Å². The Bertz CT molecular complexity index is 1450. The lowest BCUT2D eigenvalue weighted by atomic mass is 10.2. The minimum Gasteiger partial charge on any atom is -0.324 e. The number of nitrogens with zero attached hydrogens (tertiary/aromatic N) is 1. The quantitative estimate of drug-likeness (QED) is 0.381. The van der Waals surface area contributed by atoms with E-state index in [-0.39, 0.29) is 27.0 Å². The lowest BCUT2D eigenvalue weighted by Crippen LogP contribution is -2.45. The minimum absolute atomic E-state index is 0.0755. The highest BCUT2D eigenvalue weighted by atomic mass is 35.5. The zero-order valence-electron chi connectivity index (χ0n) is 18.4. The van der Waals surface area contributed by atoms with Crippen LogP contribution in [-0.4, -0.2) is 35.0 Å². The van der Waals surface area contributed by atoms with Crippen molar-refractivity contribution in [1.82, 2.24) is 0 Å². The fraction of sp³-hybridized carbons (Fsp3) is 0.136. The van der Waals surface area contributed by atoms with E-state index in [4.69, 9.17) is 34.8 Å². The molecule has 0 spiro atoms. The summed E-state index contributed by atoms with van der Waals surface area (Å²) in [5, 5.41) is 3.51. The zero-order valence-corrected chi connectivity index (χ0v) is 22.3. The predicted molar refractivity (Wildman–Crippen MR) is 141 cm³/mol. The Morgan fingerprint density at radius 2 is 1.43 bits per heavy atom. The first-order valence-electron chi connectivity index (χ1n) is 9.92. The smallest absolute Gasteiger partial charge is 0.261 e. The first-order valence-corrected chi connectivity index (χ1v) is 14.4. The van der Waals surface area contributed by atoms with Crippen molar-refractivity contribution in [2.75, 3.05) is 20.6 Å². The van der Waals surface area contributed by atoms with Crippen LogP contribution in [-0.2, 0) is 24.8 Å². The van der Waals surface area contributed by atoms with Crippen LogP contribution in [0, 0.1) is 0 Å². The number of halogens is 3. The molecule has 0 aliphatic heterocycles. The number of anilines is 3. The van der Waals surface area contributed by atoms with Crippen molar-refractivity contribution in [3.63, 3.8) is 0 Å². The molecule has 0 unspecified atom stereocenters. The van der Waals surface area contributed by atoms with Gasteiger partial charge in [-0.15, -0.1) is 0 Å². The molecule has 1 atom stereocenters. The summed E-state index contributed by atoms with van der Waals surface area (Å²) in [5.74, 6) is -0.618. The number of amides is 1. The van der Waals surface area contributed by atoms with Gasteiger partial charge in [-0.3, -0.25) is 13.8 Å². The van der Waals surface area contributed by atoms with Crippen LogP contribution < -0.4 is 14.3 Å². The van der Waals surface area contributed by atoms with Gasteiger partial charge in [-0.25, -0.2) is 16.8 Å². The van der Waals surface area contributed by atoms with Crippen LogP contribution in [0.2, 0.25) is 15.1 Å². The van der Waals surface area contributed by atoms with E-state index >= 15 is 0 Å². The van der Waals surface area contributed by atoms with Crippen molar-refractivity contribution in [3.05, 3.63) is 81.8 Å². The van der Waals surface area contributed by atoms with Crippen LogP contribution in [0.15, 0.2) is 71.6 Å². The Morgan fingerprint density at radius 1 is 0.857 bits per heavy atom. The first kappa shape index (κ1) is 27.1. The van der Waals surface area contributed by atoms with Crippen molar-refractivity contribution >= 4 is 77.8 Å². The van der Waals surface area contributed by atoms with Crippen molar-refractivity contribution in [3.8, 4) is 0 Å². The zero-order chi connectivity index (χ0) is 26.0. The van der Waals surface area contributed by atoms with E-state index in [1.807, 2.05) is 0 Å². The molecule has 13 heteroatoms. The van der Waals surface area contributed by atoms with E-state index in [1.165, 1.54) is 73.7 Å². The van der Waals surface area contributed by atoms with Crippen molar-refractivity contribution in [2.45, 2.75) is 17.9 Å². The van der Waals surface area contributed by atoms with Gasteiger partial charge in [-0.2, -0.15) is 0 Å². The van der Waals surface area contributed by atoms with Crippen LogP contribution in [0.3, 0.4) is 0 Å². The van der Waals surface area contributed by atoms with Gasteiger partial charge in [0.2, 0.25) is 15.9 Å². The average molecular weight is 577 g/mol. The second-order valence-corrected chi connectivity index (χ2v) is 12.3. The summed E-state index contributed by atoms with van der Waals surface area (Å²) >= 11 is 17.7. The van der Waals surface area contributed by atoms with E-state index < -0.39 is 32.0 Å². The summed E-state index contributed by atoms with van der Waals surface area (Å²) in [5.41, 5.74) is 0.702. The topological polar surface area (TPSA) is 113 Å². The van der Waals surface area contributed by atoms with Crippen LogP contribution in [0.25, 0.3) is 0 Å². The normalized spacial score (nSPS) is 12.6. The number of rotatable bonds is 8. The molecule has 2 N–H and O–H groups in total. The maximum absolute atomic E-state index is 12.8. The number of hydrogen-bond donors (Lipinski definition) is 2. The number of nitrogens with one attached hydrogen (secondary N) is 2. The van der Waals surface area contributed by atoms with Gasteiger partial charge in [0, 0.05) is 15.7 Å². The third-order valence-corrected chi connectivity index (χ3v) is 8.20. The standard InChI is InChI=1S/C22H20Cl3N3O5S2/c1-14(28(34(2,30)31)18-8-3-15(23)4-9-18)22(29)26-17-6-10-19(11-7-17)35(32,33)27-21-12-5-16(24)13-20(21)25/h3-14,27H,1-2H3,(H,26,29)/t14-/m0/s1. The molecule has 0 aliphatic carbocycles. The molecule has 0 bridgehead atoms. The Hall–Kier alpha value is -2.50. The summed E-state index contributed by atoms with van der Waals surface area (Å²) < 4.78 is 53.5. The second-order valence-electron chi connectivity index (χ2n) is 7.45. The molecule has 0 aliphatic rings. The molecule has 0 fully saturated rings. The molecular weight excluding hydrogens is 557 g/mol. The third kappa shape index (κ3) is 6.80. The van der Waals surface area contributed by atoms with Crippen LogP contribution in [0.1, 0.15) is 6.92 Å². The minimum atomic E-state index is -3.97. The molecule has 0 saturated carbocycles. The molecule has 3 aromatic rings. The maximum atomic E-state index is 12.8. The molecule has 0 radical (unpaired) electrons. The van der Waals surface area contributed by atoms with Crippen molar-refractivity contribution in [2.24, 2.45) is 0 Å². The van der Waals surface area contributed by atoms with Gasteiger partial charge in [0.1, 0.15) is 6.04 Å². The predicted octanol–water partition coefficient (Wildman–Crippen LogP) is 5.24. The van der Waals surface area contributed by atoms with Crippen LogP contribution >= 0.6 is 34.8 Å². The van der Waals surface area contributed by atoms with Crippen LogP contribution in [0.4, 0.5) is 17.1 Å². The summed E-state index contributed by atoms with van der Waals surface area (Å²) in [7, 11) is -7.78. The number of benzene rings is 3. The number of hydrogen-bond acceptors (Lipinski definition) is 5. The Kier molecular flexibility index (Phi) is 8.23. The van der Waals surface area contributed by atoms with E-state index in [0.717, 1.165) is 10.6 Å². The largest absolute Gasteiger partial charge is 0.324 e. The maximum Gasteiger partial charge on any atom is 0.261 e. The molecule has 0 heterocycles. The number of carbonyl (C=O) groups is 1. The summed E-state index contributed by atoms with van der Waals surface area (Å²) in [6, 6.07) is 14.6. The van der Waals surface area contributed by atoms with Gasteiger partial charge in [0.15, 0.2) is 0 Å². The molecule has 3 aromatic carbocycles. The monoisotopic (exact) mass is 575 g/mol. The highest BCUT2D eigenvalue weighted by Gasteiger charge is 2.29.